The molecule has 1 aromatic rings. The van der Waals surface area contributed by atoms with Crippen molar-refractivity contribution in [2.45, 2.75) is 44.1 Å². The second kappa shape index (κ2) is 4.61. The van der Waals surface area contributed by atoms with Crippen molar-refractivity contribution in [2.75, 3.05) is 0 Å². The van der Waals surface area contributed by atoms with Gasteiger partial charge in [0.15, 0.2) is 0 Å². The van der Waals surface area contributed by atoms with Crippen LogP contribution in [0.5, 0.6) is 0 Å². The molecule has 1 nitrogen and oxygen atoms in total. The highest BCUT2D eigenvalue weighted by molar-refractivity contribution is 5.19. The lowest BCUT2D eigenvalue weighted by molar-refractivity contribution is 0.152. The van der Waals surface area contributed by atoms with Crippen LogP contribution in [0.15, 0.2) is 30.3 Å². The Kier molecular flexibility index (Phi) is 3.20. The summed E-state index contributed by atoms with van der Waals surface area (Å²) in [6, 6.07) is 10.6. The van der Waals surface area contributed by atoms with Gasteiger partial charge in [0.1, 0.15) is 0 Å². The topological polar surface area (TPSA) is 20.2 Å². The Morgan fingerprint density at radius 1 is 1.00 bits per heavy atom. The van der Waals surface area contributed by atoms with Crippen LogP contribution in [-0.2, 0) is 0 Å². The van der Waals surface area contributed by atoms with E-state index in [0.29, 0.717) is 5.92 Å². The summed E-state index contributed by atoms with van der Waals surface area (Å²) in [6.45, 7) is 0. The van der Waals surface area contributed by atoms with Gasteiger partial charge in [-0.25, -0.2) is 0 Å². The minimum Gasteiger partial charge on any atom is -0.393 e. The molecule has 1 aliphatic rings. The van der Waals surface area contributed by atoms with Gasteiger partial charge in [0.25, 0.3) is 0 Å². The van der Waals surface area contributed by atoms with Gasteiger partial charge in [-0.15, -0.1) is 0 Å². The van der Waals surface area contributed by atoms with Crippen molar-refractivity contribution in [1.82, 2.24) is 0 Å². The molecule has 2 atom stereocenters. The first-order valence-corrected chi connectivity index (χ1v) is 5.59. The molecule has 1 fully saturated rings. The van der Waals surface area contributed by atoms with Gasteiger partial charge in [0.2, 0.25) is 0 Å². The Morgan fingerprint density at radius 2 is 1.71 bits per heavy atom. The van der Waals surface area contributed by atoms with Crippen LogP contribution in [0, 0.1) is 0 Å². The molecule has 0 amide bonds. The van der Waals surface area contributed by atoms with Crippen LogP contribution in [0.25, 0.3) is 0 Å². The zero-order valence-corrected chi connectivity index (χ0v) is 8.52. The maximum atomic E-state index is 9.72. The van der Waals surface area contributed by atoms with E-state index < -0.39 is 0 Å². The minimum atomic E-state index is -0.0808. The molecule has 0 spiro atoms. The number of aliphatic hydroxyl groups is 1. The highest BCUT2D eigenvalue weighted by Gasteiger charge is 2.19. The van der Waals surface area contributed by atoms with E-state index in [2.05, 4.69) is 30.3 Å². The average Bonchev–Trinajstić information content (AvgIpc) is 2.44. The van der Waals surface area contributed by atoms with Crippen molar-refractivity contribution in [3.63, 3.8) is 0 Å². The molecule has 0 saturated heterocycles. The standard InChI is InChI=1S/C13H18O/c14-13-9-5-4-8-12(10-13)11-6-2-1-3-7-11/h1-3,6-7,12-14H,4-5,8-10H2/t12-,13-/m1/s1. The van der Waals surface area contributed by atoms with Gasteiger partial charge >= 0.3 is 0 Å². The summed E-state index contributed by atoms with van der Waals surface area (Å²) in [5.41, 5.74) is 1.40. The molecular weight excluding hydrogens is 172 g/mol. The predicted molar refractivity (Wildman–Crippen MR) is 58.3 cm³/mol. The quantitative estimate of drug-likeness (QED) is 0.675. The van der Waals surface area contributed by atoms with Crippen LogP contribution in [0.3, 0.4) is 0 Å². The molecule has 1 aromatic carbocycles. The second-order valence-electron chi connectivity index (χ2n) is 4.28. The third-order valence-corrected chi connectivity index (χ3v) is 3.17. The summed E-state index contributed by atoms with van der Waals surface area (Å²) in [4.78, 5) is 0. The molecule has 1 aliphatic carbocycles. The van der Waals surface area contributed by atoms with Crippen molar-refractivity contribution < 1.29 is 5.11 Å². The van der Waals surface area contributed by atoms with Crippen molar-refractivity contribution in [3.05, 3.63) is 35.9 Å². The molecule has 1 N–H and O–H groups in total. The highest BCUT2D eigenvalue weighted by atomic mass is 16.3. The summed E-state index contributed by atoms with van der Waals surface area (Å²) in [7, 11) is 0. The van der Waals surface area contributed by atoms with Crippen molar-refractivity contribution >= 4 is 0 Å². The Bertz CT molecular complexity index is 268. The SMILES string of the molecule is O[C@@H]1CCCC[C@@H](c2ccccc2)C1. The van der Waals surface area contributed by atoms with E-state index in [9.17, 15) is 5.11 Å². The van der Waals surface area contributed by atoms with Gasteiger partial charge in [0.05, 0.1) is 6.10 Å². The van der Waals surface area contributed by atoms with Crippen molar-refractivity contribution in [1.29, 1.82) is 0 Å². The fourth-order valence-corrected chi connectivity index (χ4v) is 2.36. The molecule has 2 rings (SSSR count). The Labute approximate surface area is 85.8 Å². The molecule has 0 bridgehead atoms. The second-order valence-corrected chi connectivity index (χ2v) is 4.28. The molecule has 0 radical (unpaired) electrons. The number of hydrogen-bond donors (Lipinski definition) is 1. The van der Waals surface area contributed by atoms with Crippen LogP contribution in [0.4, 0.5) is 0 Å². The molecule has 1 heteroatoms. The number of rotatable bonds is 1. The van der Waals surface area contributed by atoms with Crippen LogP contribution < -0.4 is 0 Å². The maximum Gasteiger partial charge on any atom is 0.0546 e. The third-order valence-electron chi connectivity index (χ3n) is 3.17. The van der Waals surface area contributed by atoms with E-state index in [-0.39, 0.29) is 6.10 Å². The fourth-order valence-electron chi connectivity index (χ4n) is 2.36. The molecule has 14 heavy (non-hydrogen) atoms. The normalized spacial score (nSPS) is 28.4. The molecular formula is C13H18O. The highest BCUT2D eigenvalue weighted by Crippen LogP contribution is 2.31. The van der Waals surface area contributed by atoms with Crippen LogP contribution in [0.1, 0.15) is 43.6 Å². The van der Waals surface area contributed by atoms with Crippen LogP contribution >= 0.6 is 0 Å². The zero-order chi connectivity index (χ0) is 9.80. The molecule has 0 heterocycles. The average molecular weight is 190 g/mol. The first kappa shape index (κ1) is 9.72. The first-order chi connectivity index (χ1) is 6.86. The van der Waals surface area contributed by atoms with Gasteiger partial charge < -0.3 is 5.11 Å². The van der Waals surface area contributed by atoms with Gasteiger partial charge in [-0.05, 0) is 30.7 Å². The maximum absolute atomic E-state index is 9.72. The zero-order valence-electron chi connectivity index (χ0n) is 8.52. The van der Waals surface area contributed by atoms with Gasteiger partial charge in [-0.1, -0.05) is 43.2 Å². The molecule has 0 aromatic heterocycles. The monoisotopic (exact) mass is 190 g/mol. The lowest BCUT2D eigenvalue weighted by Crippen LogP contribution is -2.09. The number of benzene rings is 1. The summed E-state index contributed by atoms with van der Waals surface area (Å²) in [5.74, 6) is 0.577. The first-order valence-electron chi connectivity index (χ1n) is 5.59. The smallest absolute Gasteiger partial charge is 0.0546 e. The lowest BCUT2D eigenvalue weighted by atomic mass is 9.91. The summed E-state index contributed by atoms with van der Waals surface area (Å²) < 4.78 is 0. The predicted octanol–water partition coefficient (Wildman–Crippen LogP) is 3.10. The Balaban J connectivity index is 2.09. The Morgan fingerprint density at radius 3 is 2.50 bits per heavy atom. The largest absolute Gasteiger partial charge is 0.393 e. The lowest BCUT2D eigenvalue weighted by Gasteiger charge is -2.16. The summed E-state index contributed by atoms with van der Waals surface area (Å²) in [6.07, 6.45) is 5.54. The molecule has 76 valence electrons. The van der Waals surface area contributed by atoms with Crippen molar-refractivity contribution in [3.8, 4) is 0 Å². The van der Waals surface area contributed by atoms with E-state index in [4.69, 9.17) is 0 Å². The van der Waals surface area contributed by atoms with E-state index in [1.54, 1.807) is 0 Å². The van der Waals surface area contributed by atoms with E-state index in [1.165, 1.54) is 24.8 Å². The van der Waals surface area contributed by atoms with Gasteiger partial charge in [0, 0.05) is 0 Å². The van der Waals surface area contributed by atoms with Crippen LogP contribution in [-0.4, -0.2) is 11.2 Å². The van der Waals surface area contributed by atoms with E-state index >= 15 is 0 Å². The fraction of sp³-hybridized carbons (Fsp3) is 0.538. The summed E-state index contributed by atoms with van der Waals surface area (Å²) in [5, 5.41) is 9.72. The van der Waals surface area contributed by atoms with Gasteiger partial charge in [-0.3, -0.25) is 0 Å². The van der Waals surface area contributed by atoms with E-state index in [0.717, 1.165) is 12.8 Å². The van der Waals surface area contributed by atoms with Crippen LogP contribution in [0.2, 0.25) is 0 Å². The van der Waals surface area contributed by atoms with E-state index in [1.807, 2.05) is 0 Å². The third kappa shape index (κ3) is 2.36. The number of hydrogen-bond acceptors (Lipinski definition) is 1. The number of aliphatic hydroxyl groups excluding tert-OH is 1. The van der Waals surface area contributed by atoms with Gasteiger partial charge in [-0.2, -0.15) is 0 Å². The molecule has 0 unspecified atom stereocenters. The molecule has 1 saturated carbocycles. The Hall–Kier alpha value is -0.820. The van der Waals surface area contributed by atoms with Crippen molar-refractivity contribution in [2.24, 2.45) is 0 Å². The summed E-state index contributed by atoms with van der Waals surface area (Å²) >= 11 is 0. The molecule has 0 aliphatic heterocycles. The minimum absolute atomic E-state index is 0.0808.